The van der Waals surface area contributed by atoms with E-state index in [1.807, 2.05) is 31.2 Å². The average molecular weight is 296 g/mol. The molecule has 90 valence electrons. The van der Waals surface area contributed by atoms with Crippen molar-refractivity contribution in [2.45, 2.75) is 13.3 Å². The van der Waals surface area contributed by atoms with Gasteiger partial charge in [-0.3, -0.25) is 4.79 Å². The lowest BCUT2D eigenvalue weighted by molar-refractivity contribution is -0.119. The molecule has 0 bridgehead atoms. The van der Waals surface area contributed by atoms with Crippen LogP contribution in [0.15, 0.2) is 22.7 Å². The van der Waals surface area contributed by atoms with E-state index in [1.165, 1.54) is 0 Å². The Hall–Kier alpha value is -1.54. The van der Waals surface area contributed by atoms with Crippen molar-refractivity contribution in [3.8, 4) is 6.07 Å². The number of carbonyl (C=O) groups excluding carboxylic acids is 1. The SMILES string of the molecule is Cc1ccc(NCC(=O)NCCC#N)cc1Br. The molecule has 0 aliphatic rings. The van der Waals surface area contributed by atoms with Gasteiger partial charge in [0.25, 0.3) is 0 Å². The number of halogens is 1. The molecule has 0 atom stereocenters. The molecular weight excluding hydrogens is 282 g/mol. The van der Waals surface area contributed by atoms with Gasteiger partial charge in [-0.05, 0) is 24.6 Å². The van der Waals surface area contributed by atoms with E-state index >= 15 is 0 Å². The Bertz CT molecular complexity index is 440. The monoisotopic (exact) mass is 295 g/mol. The first-order valence-corrected chi connectivity index (χ1v) is 6.06. The van der Waals surface area contributed by atoms with Gasteiger partial charge in [-0.1, -0.05) is 22.0 Å². The summed E-state index contributed by atoms with van der Waals surface area (Å²) in [6.07, 6.45) is 0.335. The van der Waals surface area contributed by atoms with Crippen LogP contribution in [0, 0.1) is 18.3 Å². The van der Waals surface area contributed by atoms with Gasteiger partial charge >= 0.3 is 0 Å². The van der Waals surface area contributed by atoms with E-state index in [-0.39, 0.29) is 12.5 Å². The number of amides is 1. The van der Waals surface area contributed by atoms with Crippen LogP contribution in [0.1, 0.15) is 12.0 Å². The van der Waals surface area contributed by atoms with Crippen LogP contribution in [0.5, 0.6) is 0 Å². The van der Waals surface area contributed by atoms with Gasteiger partial charge < -0.3 is 10.6 Å². The molecule has 0 aromatic heterocycles. The van der Waals surface area contributed by atoms with Crippen molar-refractivity contribution in [3.05, 3.63) is 28.2 Å². The zero-order chi connectivity index (χ0) is 12.7. The normalized spacial score (nSPS) is 9.47. The number of nitriles is 1. The van der Waals surface area contributed by atoms with Crippen molar-refractivity contribution in [3.63, 3.8) is 0 Å². The van der Waals surface area contributed by atoms with Crippen LogP contribution in [0.25, 0.3) is 0 Å². The number of nitrogens with one attached hydrogen (secondary N) is 2. The van der Waals surface area contributed by atoms with Crippen LogP contribution in [0.3, 0.4) is 0 Å². The van der Waals surface area contributed by atoms with Gasteiger partial charge in [-0.25, -0.2) is 0 Å². The molecule has 1 amide bonds. The number of nitrogens with zero attached hydrogens (tertiary/aromatic N) is 1. The lowest BCUT2D eigenvalue weighted by Gasteiger charge is -2.08. The Kier molecular flexibility index (Phi) is 5.50. The summed E-state index contributed by atoms with van der Waals surface area (Å²) in [4.78, 5) is 11.3. The predicted molar refractivity (Wildman–Crippen MR) is 70.6 cm³/mol. The van der Waals surface area contributed by atoms with Crippen molar-refractivity contribution in [2.75, 3.05) is 18.4 Å². The quantitative estimate of drug-likeness (QED) is 0.819. The van der Waals surface area contributed by atoms with Gasteiger partial charge in [-0.2, -0.15) is 5.26 Å². The summed E-state index contributed by atoms with van der Waals surface area (Å²) in [5.74, 6) is -0.114. The van der Waals surface area contributed by atoms with E-state index in [4.69, 9.17) is 5.26 Å². The third kappa shape index (κ3) is 4.87. The zero-order valence-corrected chi connectivity index (χ0v) is 11.2. The number of carbonyl (C=O) groups is 1. The van der Waals surface area contributed by atoms with E-state index in [1.54, 1.807) is 0 Å². The minimum absolute atomic E-state index is 0.114. The van der Waals surface area contributed by atoms with Crippen LogP contribution in [-0.2, 0) is 4.79 Å². The van der Waals surface area contributed by atoms with Crippen molar-refractivity contribution in [2.24, 2.45) is 0 Å². The number of aryl methyl sites for hydroxylation is 1. The summed E-state index contributed by atoms with van der Waals surface area (Å²) in [6, 6.07) is 7.79. The summed E-state index contributed by atoms with van der Waals surface area (Å²) in [5.41, 5.74) is 2.03. The van der Waals surface area contributed by atoms with E-state index in [0.29, 0.717) is 13.0 Å². The molecule has 0 heterocycles. The van der Waals surface area contributed by atoms with Crippen LogP contribution in [0.4, 0.5) is 5.69 Å². The highest BCUT2D eigenvalue weighted by Gasteiger charge is 2.01. The summed E-state index contributed by atoms with van der Waals surface area (Å²) in [6.45, 7) is 2.61. The van der Waals surface area contributed by atoms with Crippen molar-refractivity contribution < 1.29 is 4.79 Å². The smallest absolute Gasteiger partial charge is 0.239 e. The highest BCUT2D eigenvalue weighted by molar-refractivity contribution is 9.10. The summed E-state index contributed by atoms with van der Waals surface area (Å²) in [5, 5.41) is 14.0. The largest absolute Gasteiger partial charge is 0.376 e. The molecule has 0 fully saturated rings. The minimum atomic E-state index is -0.114. The lowest BCUT2D eigenvalue weighted by atomic mass is 10.2. The first-order valence-electron chi connectivity index (χ1n) is 5.27. The molecule has 0 unspecified atom stereocenters. The molecule has 2 N–H and O–H groups in total. The van der Waals surface area contributed by atoms with Gasteiger partial charge in [0, 0.05) is 16.7 Å². The first-order chi connectivity index (χ1) is 8.13. The van der Waals surface area contributed by atoms with Gasteiger partial charge in [0.1, 0.15) is 0 Å². The molecule has 1 aromatic rings. The van der Waals surface area contributed by atoms with Crippen molar-refractivity contribution >= 4 is 27.5 Å². The lowest BCUT2D eigenvalue weighted by Crippen LogP contribution is -2.30. The second-order valence-electron chi connectivity index (χ2n) is 3.58. The number of anilines is 1. The molecule has 1 rings (SSSR count). The molecule has 4 nitrogen and oxygen atoms in total. The minimum Gasteiger partial charge on any atom is -0.376 e. The van der Waals surface area contributed by atoms with Crippen LogP contribution < -0.4 is 10.6 Å². The number of hydrogen-bond acceptors (Lipinski definition) is 3. The fraction of sp³-hybridized carbons (Fsp3) is 0.333. The topological polar surface area (TPSA) is 64.9 Å². The highest BCUT2D eigenvalue weighted by atomic mass is 79.9. The predicted octanol–water partition coefficient (Wildman–Crippen LogP) is 2.20. The van der Waals surface area contributed by atoms with Gasteiger partial charge in [-0.15, -0.1) is 0 Å². The molecular formula is C12H14BrN3O. The van der Waals surface area contributed by atoms with Gasteiger partial charge in [0.05, 0.1) is 19.0 Å². The average Bonchev–Trinajstić information content (AvgIpc) is 2.31. The Balaban J connectivity index is 2.37. The maximum absolute atomic E-state index is 11.3. The standard InChI is InChI=1S/C12H14BrN3O/c1-9-3-4-10(7-11(9)13)16-8-12(17)15-6-2-5-14/h3-4,7,16H,2,6,8H2,1H3,(H,15,17). The molecule has 1 aromatic carbocycles. The van der Waals surface area contributed by atoms with Gasteiger partial charge in [0.15, 0.2) is 0 Å². The fourth-order valence-electron chi connectivity index (χ4n) is 1.21. The molecule has 0 radical (unpaired) electrons. The Morgan fingerprint density at radius 2 is 2.29 bits per heavy atom. The van der Waals surface area contributed by atoms with E-state index in [2.05, 4.69) is 26.6 Å². The summed E-state index contributed by atoms with van der Waals surface area (Å²) >= 11 is 3.43. The zero-order valence-electron chi connectivity index (χ0n) is 9.59. The highest BCUT2D eigenvalue weighted by Crippen LogP contribution is 2.20. The van der Waals surface area contributed by atoms with Crippen LogP contribution >= 0.6 is 15.9 Å². The summed E-state index contributed by atoms with van der Waals surface area (Å²) in [7, 11) is 0. The molecule has 0 saturated carbocycles. The molecule has 5 heteroatoms. The Morgan fingerprint density at radius 1 is 1.53 bits per heavy atom. The fourth-order valence-corrected chi connectivity index (χ4v) is 1.58. The van der Waals surface area contributed by atoms with E-state index in [0.717, 1.165) is 15.7 Å². The molecule has 0 aliphatic carbocycles. The Morgan fingerprint density at radius 3 is 2.94 bits per heavy atom. The second-order valence-corrected chi connectivity index (χ2v) is 4.43. The number of rotatable bonds is 5. The van der Waals surface area contributed by atoms with E-state index in [9.17, 15) is 4.79 Å². The van der Waals surface area contributed by atoms with Crippen molar-refractivity contribution in [1.82, 2.24) is 5.32 Å². The Labute approximate surface area is 109 Å². The van der Waals surface area contributed by atoms with Crippen molar-refractivity contribution in [1.29, 1.82) is 5.26 Å². The maximum atomic E-state index is 11.3. The maximum Gasteiger partial charge on any atom is 0.239 e. The first kappa shape index (κ1) is 13.5. The summed E-state index contributed by atoms with van der Waals surface area (Å²) < 4.78 is 1.01. The molecule has 0 aliphatic heterocycles. The number of hydrogen-bond donors (Lipinski definition) is 2. The number of benzene rings is 1. The third-order valence-corrected chi connectivity index (χ3v) is 3.04. The van der Waals surface area contributed by atoms with Crippen LogP contribution in [-0.4, -0.2) is 19.0 Å². The second kappa shape index (κ2) is 6.92. The van der Waals surface area contributed by atoms with Gasteiger partial charge in [0.2, 0.25) is 5.91 Å². The third-order valence-electron chi connectivity index (χ3n) is 2.18. The molecule has 17 heavy (non-hydrogen) atoms. The van der Waals surface area contributed by atoms with E-state index < -0.39 is 0 Å². The van der Waals surface area contributed by atoms with Crippen LogP contribution in [0.2, 0.25) is 0 Å². The molecule has 0 spiro atoms. The molecule has 0 saturated heterocycles.